The van der Waals surface area contributed by atoms with Crippen molar-refractivity contribution >= 4 is 62.3 Å². The molecule has 0 spiro atoms. The van der Waals surface area contributed by atoms with E-state index in [0.717, 1.165) is 21.4 Å². The molecule has 0 aliphatic rings. The number of aromatic nitrogens is 2. The zero-order chi connectivity index (χ0) is 14.9. The molecule has 2 aromatic rings. The third-order valence-electron chi connectivity index (χ3n) is 2.52. The fourth-order valence-electron chi connectivity index (χ4n) is 1.55. The maximum absolute atomic E-state index is 11.6. The van der Waals surface area contributed by atoms with Gasteiger partial charge in [0, 0.05) is 16.9 Å². The molecule has 0 atom stereocenters. The molecule has 0 bridgehead atoms. The number of hydrogen-bond acceptors (Lipinski definition) is 2. The Kier molecular flexibility index (Phi) is 4.64. The van der Waals surface area contributed by atoms with E-state index in [0.29, 0.717) is 5.69 Å². The summed E-state index contributed by atoms with van der Waals surface area (Å²) >= 11 is 20.0. The second kappa shape index (κ2) is 5.93. The van der Waals surface area contributed by atoms with Crippen molar-refractivity contribution in [2.24, 2.45) is 0 Å². The van der Waals surface area contributed by atoms with Crippen LogP contribution in [-0.2, 0) is 4.79 Å². The molecule has 1 aromatic heterocycles. The number of halogens is 4. The molecule has 0 saturated carbocycles. The number of nitrogens with one attached hydrogen (secondary N) is 2. The highest BCUT2D eigenvalue weighted by Gasteiger charge is 2.30. The SMILES string of the molecule is Cc1[nH]nc(-c2cccc(NC(=O)C(Cl)(Cl)Cl)c2)c1Br. The smallest absolute Gasteiger partial charge is 0.276 e. The van der Waals surface area contributed by atoms with Crippen molar-refractivity contribution in [1.29, 1.82) is 0 Å². The summed E-state index contributed by atoms with van der Waals surface area (Å²) in [5, 5.41) is 9.59. The van der Waals surface area contributed by atoms with Gasteiger partial charge >= 0.3 is 0 Å². The Balaban J connectivity index is 2.29. The number of H-pyrrole nitrogens is 1. The zero-order valence-electron chi connectivity index (χ0n) is 10.2. The Bertz CT molecular complexity index is 652. The van der Waals surface area contributed by atoms with Crippen LogP contribution in [0.15, 0.2) is 28.7 Å². The molecule has 2 N–H and O–H groups in total. The molecule has 1 aromatic carbocycles. The van der Waals surface area contributed by atoms with Crippen LogP contribution in [0.5, 0.6) is 0 Å². The molecule has 2 rings (SSSR count). The Morgan fingerprint density at radius 2 is 2.10 bits per heavy atom. The number of nitrogens with zero attached hydrogens (tertiary/aromatic N) is 1. The molecular weight excluding hydrogens is 388 g/mol. The molecule has 106 valence electrons. The number of alkyl halides is 3. The highest BCUT2D eigenvalue weighted by molar-refractivity contribution is 9.10. The summed E-state index contributed by atoms with van der Waals surface area (Å²) in [7, 11) is 0. The van der Waals surface area contributed by atoms with Gasteiger partial charge in [-0.3, -0.25) is 9.89 Å². The number of rotatable bonds is 2. The Hall–Kier alpha value is -0.750. The minimum Gasteiger partial charge on any atom is -0.322 e. The Morgan fingerprint density at radius 3 is 2.65 bits per heavy atom. The average Bonchev–Trinajstić information content (AvgIpc) is 2.69. The van der Waals surface area contributed by atoms with Crippen LogP contribution >= 0.6 is 50.7 Å². The first-order valence-electron chi connectivity index (χ1n) is 5.48. The predicted octanol–water partition coefficient (Wildman–Crippen LogP) is 4.46. The molecule has 20 heavy (non-hydrogen) atoms. The molecular formula is C12H9BrCl3N3O. The first-order valence-corrected chi connectivity index (χ1v) is 7.41. The van der Waals surface area contributed by atoms with Gasteiger partial charge in [0.05, 0.1) is 4.47 Å². The van der Waals surface area contributed by atoms with Crippen LogP contribution < -0.4 is 5.32 Å². The van der Waals surface area contributed by atoms with Gasteiger partial charge < -0.3 is 5.32 Å². The van der Waals surface area contributed by atoms with E-state index >= 15 is 0 Å². The molecule has 0 aliphatic carbocycles. The first-order chi connectivity index (χ1) is 9.29. The number of anilines is 1. The van der Waals surface area contributed by atoms with E-state index in [4.69, 9.17) is 34.8 Å². The van der Waals surface area contributed by atoms with Gasteiger partial charge in [0.1, 0.15) is 5.69 Å². The standard InChI is InChI=1S/C12H9BrCl3N3O/c1-6-9(13)10(19-18-6)7-3-2-4-8(5-7)17-11(20)12(14,15)16/h2-5H,1H3,(H,17,20)(H,18,19). The third kappa shape index (κ3) is 3.47. The maximum Gasteiger partial charge on any atom is 0.276 e. The fraction of sp³-hybridized carbons (Fsp3) is 0.167. The molecule has 0 unspecified atom stereocenters. The minimum absolute atomic E-state index is 0.520. The van der Waals surface area contributed by atoms with Crippen molar-refractivity contribution in [3.63, 3.8) is 0 Å². The summed E-state index contributed by atoms with van der Waals surface area (Å²) in [6, 6.07) is 7.09. The van der Waals surface area contributed by atoms with Gasteiger partial charge in [-0.25, -0.2) is 0 Å². The van der Waals surface area contributed by atoms with Crippen molar-refractivity contribution in [2.45, 2.75) is 10.7 Å². The molecule has 0 radical (unpaired) electrons. The molecule has 1 heterocycles. The van der Waals surface area contributed by atoms with E-state index < -0.39 is 9.70 Å². The normalized spacial score (nSPS) is 11.4. The van der Waals surface area contributed by atoms with Crippen molar-refractivity contribution in [1.82, 2.24) is 10.2 Å². The second-order valence-corrected chi connectivity index (χ2v) is 7.12. The van der Waals surface area contributed by atoms with E-state index in [-0.39, 0.29) is 0 Å². The van der Waals surface area contributed by atoms with Gasteiger partial charge in [0.2, 0.25) is 0 Å². The molecule has 8 heteroatoms. The lowest BCUT2D eigenvalue weighted by molar-refractivity contribution is -0.115. The maximum atomic E-state index is 11.6. The van der Waals surface area contributed by atoms with E-state index in [1.165, 1.54) is 0 Å². The van der Waals surface area contributed by atoms with Crippen molar-refractivity contribution in [2.75, 3.05) is 5.32 Å². The Morgan fingerprint density at radius 1 is 1.40 bits per heavy atom. The molecule has 4 nitrogen and oxygen atoms in total. The monoisotopic (exact) mass is 395 g/mol. The summed E-state index contributed by atoms with van der Waals surface area (Å²) in [5.41, 5.74) is 3.00. The van der Waals surface area contributed by atoms with Crippen LogP contribution in [0.1, 0.15) is 5.69 Å². The number of aryl methyl sites for hydroxylation is 1. The van der Waals surface area contributed by atoms with Gasteiger partial charge in [0.15, 0.2) is 0 Å². The fourth-order valence-corrected chi connectivity index (χ4v) is 2.10. The number of benzene rings is 1. The second-order valence-electron chi connectivity index (χ2n) is 4.04. The summed E-state index contributed by atoms with van der Waals surface area (Å²) in [5.74, 6) is -0.711. The van der Waals surface area contributed by atoms with Gasteiger partial charge in [-0.2, -0.15) is 5.10 Å². The van der Waals surface area contributed by atoms with E-state index in [2.05, 4.69) is 31.4 Å². The zero-order valence-corrected chi connectivity index (χ0v) is 14.0. The lowest BCUT2D eigenvalue weighted by Gasteiger charge is -2.11. The topological polar surface area (TPSA) is 57.8 Å². The minimum atomic E-state index is -2.00. The van der Waals surface area contributed by atoms with Crippen LogP contribution in [-0.4, -0.2) is 19.9 Å². The molecule has 0 fully saturated rings. The average molecular weight is 397 g/mol. The van der Waals surface area contributed by atoms with E-state index in [1.807, 2.05) is 13.0 Å². The third-order valence-corrected chi connectivity index (χ3v) is 4.01. The molecule has 0 aliphatic heterocycles. The number of hydrogen-bond donors (Lipinski definition) is 2. The van der Waals surface area contributed by atoms with Crippen LogP contribution in [0.3, 0.4) is 0 Å². The first kappa shape index (κ1) is 15.6. The summed E-state index contributed by atoms with van der Waals surface area (Å²) in [6.45, 7) is 1.90. The van der Waals surface area contributed by atoms with Gasteiger partial charge in [-0.1, -0.05) is 46.9 Å². The summed E-state index contributed by atoms with van der Waals surface area (Å²) in [4.78, 5) is 11.6. The molecule has 0 saturated heterocycles. The predicted molar refractivity (Wildman–Crippen MR) is 85.4 cm³/mol. The largest absolute Gasteiger partial charge is 0.322 e. The lowest BCUT2D eigenvalue weighted by Crippen LogP contribution is -2.26. The van der Waals surface area contributed by atoms with Gasteiger partial charge in [-0.15, -0.1) is 0 Å². The van der Waals surface area contributed by atoms with Gasteiger partial charge in [-0.05, 0) is 35.0 Å². The van der Waals surface area contributed by atoms with Crippen LogP contribution in [0.2, 0.25) is 0 Å². The van der Waals surface area contributed by atoms with E-state index in [1.54, 1.807) is 18.2 Å². The number of carbonyl (C=O) groups excluding carboxylic acids is 1. The van der Waals surface area contributed by atoms with Crippen molar-refractivity contribution in [3.05, 3.63) is 34.4 Å². The van der Waals surface area contributed by atoms with Crippen molar-refractivity contribution < 1.29 is 4.79 Å². The quantitative estimate of drug-likeness (QED) is 0.736. The van der Waals surface area contributed by atoms with Crippen molar-refractivity contribution in [3.8, 4) is 11.3 Å². The summed E-state index contributed by atoms with van der Waals surface area (Å²) in [6.07, 6.45) is 0. The highest BCUT2D eigenvalue weighted by atomic mass is 79.9. The highest BCUT2D eigenvalue weighted by Crippen LogP contribution is 2.31. The van der Waals surface area contributed by atoms with Crippen LogP contribution in [0.25, 0.3) is 11.3 Å². The Labute approximate surface area is 138 Å². The van der Waals surface area contributed by atoms with Gasteiger partial charge in [0.25, 0.3) is 9.70 Å². The number of amides is 1. The number of aromatic amines is 1. The van der Waals surface area contributed by atoms with Crippen LogP contribution in [0, 0.1) is 6.92 Å². The van der Waals surface area contributed by atoms with E-state index in [9.17, 15) is 4.79 Å². The lowest BCUT2D eigenvalue weighted by atomic mass is 10.1. The summed E-state index contributed by atoms with van der Waals surface area (Å²) < 4.78 is -1.14. The molecule has 1 amide bonds. The number of carbonyl (C=O) groups is 1. The van der Waals surface area contributed by atoms with Crippen LogP contribution in [0.4, 0.5) is 5.69 Å².